The predicted molar refractivity (Wildman–Crippen MR) is 83.6 cm³/mol. The lowest BCUT2D eigenvalue weighted by Crippen LogP contribution is -2.47. The minimum Gasteiger partial charge on any atom is -0.377 e. The first-order valence-corrected chi connectivity index (χ1v) is 7.43. The summed E-state index contributed by atoms with van der Waals surface area (Å²) >= 11 is 0. The highest BCUT2D eigenvalue weighted by Gasteiger charge is 2.25. The van der Waals surface area contributed by atoms with E-state index < -0.39 is 0 Å². The van der Waals surface area contributed by atoms with Crippen molar-refractivity contribution in [1.82, 2.24) is 9.97 Å². The largest absolute Gasteiger partial charge is 0.377 e. The first-order chi connectivity index (χ1) is 10.2. The highest BCUT2D eigenvalue weighted by Crippen LogP contribution is 2.19. The Bertz CT molecular complexity index is 580. The Balaban J connectivity index is 1.84. The second-order valence-electron chi connectivity index (χ2n) is 5.56. The number of benzene rings is 1. The molecule has 0 bridgehead atoms. The van der Waals surface area contributed by atoms with E-state index in [0.29, 0.717) is 6.04 Å². The molecule has 2 heterocycles. The second-order valence-corrected chi connectivity index (χ2v) is 5.56. The van der Waals surface area contributed by atoms with E-state index in [9.17, 15) is 0 Å². The van der Waals surface area contributed by atoms with Gasteiger partial charge in [0.05, 0.1) is 19.3 Å². The highest BCUT2D eigenvalue weighted by atomic mass is 16.5. The molecule has 110 valence electrons. The Morgan fingerprint density at radius 1 is 1.14 bits per heavy atom. The Hall–Kier alpha value is -1.94. The second kappa shape index (κ2) is 6.22. The summed E-state index contributed by atoms with van der Waals surface area (Å²) in [6.07, 6.45) is 0.956. The molecular formula is C17H21N3O. The van der Waals surface area contributed by atoms with Crippen LogP contribution in [0.5, 0.6) is 0 Å². The summed E-state index contributed by atoms with van der Waals surface area (Å²) in [4.78, 5) is 11.5. The maximum absolute atomic E-state index is 5.67. The third-order valence-corrected chi connectivity index (χ3v) is 3.77. The van der Waals surface area contributed by atoms with Gasteiger partial charge in [0.15, 0.2) is 0 Å². The number of anilines is 1. The SMILES string of the molecule is Cc1cc(C)nc(N2CCOCC2Cc2ccccc2)n1. The van der Waals surface area contributed by atoms with Crippen LogP contribution < -0.4 is 4.90 Å². The van der Waals surface area contributed by atoms with Gasteiger partial charge in [0, 0.05) is 17.9 Å². The number of ether oxygens (including phenoxy) is 1. The number of aryl methyl sites for hydroxylation is 2. The van der Waals surface area contributed by atoms with E-state index in [2.05, 4.69) is 39.1 Å². The van der Waals surface area contributed by atoms with Crippen LogP contribution in [0, 0.1) is 13.8 Å². The lowest BCUT2D eigenvalue weighted by atomic mass is 10.0. The Kier molecular flexibility index (Phi) is 4.15. The van der Waals surface area contributed by atoms with Gasteiger partial charge in [-0.05, 0) is 31.9 Å². The van der Waals surface area contributed by atoms with Gasteiger partial charge in [-0.25, -0.2) is 9.97 Å². The van der Waals surface area contributed by atoms with Crippen molar-refractivity contribution in [1.29, 1.82) is 0 Å². The van der Waals surface area contributed by atoms with Gasteiger partial charge in [0.1, 0.15) is 0 Å². The summed E-state index contributed by atoms with van der Waals surface area (Å²) in [7, 11) is 0. The molecule has 0 aliphatic carbocycles. The van der Waals surface area contributed by atoms with Crippen LogP contribution in [0.25, 0.3) is 0 Å². The predicted octanol–water partition coefficient (Wildman–Crippen LogP) is 2.54. The van der Waals surface area contributed by atoms with E-state index >= 15 is 0 Å². The molecule has 0 spiro atoms. The average Bonchev–Trinajstić information content (AvgIpc) is 2.48. The zero-order valence-electron chi connectivity index (χ0n) is 12.6. The number of aromatic nitrogens is 2. The van der Waals surface area contributed by atoms with Crippen LogP contribution in [0.15, 0.2) is 36.4 Å². The maximum Gasteiger partial charge on any atom is 0.226 e. The van der Waals surface area contributed by atoms with Gasteiger partial charge in [-0.2, -0.15) is 0 Å². The standard InChI is InChI=1S/C17H21N3O/c1-13-10-14(2)19-17(18-13)20-8-9-21-12-16(20)11-15-6-4-3-5-7-15/h3-7,10,16H,8-9,11-12H2,1-2H3. The molecule has 1 atom stereocenters. The van der Waals surface area contributed by atoms with Crippen LogP contribution in [0.3, 0.4) is 0 Å². The molecule has 1 aromatic heterocycles. The molecule has 3 rings (SSSR count). The molecule has 1 fully saturated rings. The number of rotatable bonds is 3. The Morgan fingerprint density at radius 2 is 1.86 bits per heavy atom. The number of hydrogen-bond donors (Lipinski definition) is 0. The molecule has 4 nitrogen and oxygen atoms in total. The summed E-state index contributed by atoms with van der Waals surface area (Å²) < 4.78 is 5.67. The van der Waals surface area contributed by atoms with Crippen molar-refractivity contribution in [3.05, 3.63) is 53.3 Å². The van der Waals surface area contributed by atoms with Gasteiger partial charge in [-0.3, -0.25) is 0 Å². The zero-order valence-corrected chi connectivity index (χ0v) is 12.6. The molecular weight excluding hydrogens is 262 g/mol. The monoisotopic (exact) mass is 283 g/mol. The molecule has 1 aliphatic rings. The maximum atomic E-state index is 5.67. The van der Waals surface area contributed by atoms with Crippen LogP contribution in [0.1, 0.15) is 17.0 Å². The van der Waals surface area contributed by atoms with E-state index in [1.54, 1.807) is 0 Å². The summed E-state index contributed by atoms with van der Waals surface area (Å²) in [5, 5.41) is 0. The summed E-state index contributed by atoms with van der Waals surface area (Å²) in [5.41, 5.74) is 3.35. The number of hydrogen-bond acceptors (Lipinski definition) is 4. The van der Waals surface area contributed by atoms with Gasteiger partial charge in [-0.1, -0.05) is 30.3 Å². The molecule has 1 saturated heterocycles. The minimum absolute atomic E-state index is 0.294. The van der Waals surface area contributed by atoms with Gasteiger partial charge in [0.25, 0.3) is 0 Å². The molecule has 4 heteroatoms. The van der Waals surface area contributed by atoms with Gasteiger partial charge in [0.2, 0.25) is 5.95 Å². The first-order valence-electron chi connectivity index (χ1n) is 7.43. The fraction of sp³-hybridized carbons (Fsp3) is 0.412. The molecule has 0 saturated carbocycles. The Labute approximate surface area is 125 Å². The Morgan fingerprint density at radius 3 is 2.57 bits per heavy atom. The minimum atomic E-state index is 0.294. The van der Waals surface area contributed by atoms with E-state index in [1.165, 1.54) is 5.56 Å². The van der Waals surface area contributed by atoms with Crippen LogP contribution in [-0.4, -0.2) is 35.8 Å². The molecule has 0 amide bonds. The van der Waals surface area contributed by atoms with Crippen molar-refractivity contribution in [2.24, 2.45) is 0 Å². The van der Waals surface area contributed by atoms with Crippen LogP contribution in [0.4, 0.5) is 5.95 Å². The van der Waals surface area contributed by atoms with Crippen molar-refractivity contribution in [2.75, 3.05) is 24.7 Å². The fourth-order valence-corrected chi connectivity index (χ4v) is 2.81. The van der Waals surface area contributed by atoms with E-state index in [-0.39, 0.29) is 0 Å². The van der Waals surface area contributed by atoms with Crippen LogP contribution >= 0.6 is 0 Å². The lowest BCUT2D eigenvalue weighted by Gasteiger charge is -2.36. The third-order valence-electron chi connectivity index (χ3n) is 3.77. The van der Waals surface area contributed by atoms with Crippen LogP contribution in [0.2, 0.25) is 0 Å². The molecule has 2 aromatic rings. The van der Waals surface area contributed by atoms with Crippen molar-refractivity contribution in [3.8, 4) is 0 Å². The van der Waals surface area contributed by atoms with Gasteiger partial charge >= 0.3 is 0 Å². The molecule has 0 N–H and O–H groups in total. The smallest absolute Gasteiger partial charge is 0.226 e. The average molecular weight is 283 g/mol. The molecule has 1 unspecified atom stereocenters. The molecule has 21 heavy (non-hydrogen) atoms. The van der Waals surface area contributed by atoms with Gasteiger partial charge in [-0.15, -0.1) is 0 Å². The number of nitrogens with zero attached hydrogens (tertiary/aromatic N) is 3. The quantitative estimate of drug-likeness (QED) is 0.867. The van der Waals surface area contributed by atoms with Crippen LogP contribution in [-0.2, 0) is 11.2 Å². The molecule has 1 aliphatic heterocycles. The summed E-state index contributed by atoms with van der Waals surface area (Å²) in [5.74, 6) is 0.830. The highest BCUT2D eigenvalue weighted by molar-refractivity contribution is 5.35. The van der Waals surface area contributed by atoms with E-state index in [0.717, 1.165) is 43.5 Å². The lowest BCUT2D eigenvalue weighted by molar-refractivity contribution is 0.0932. The van der Waals surface area contributed by atoms with Crippen molar-refractivity contribution < 1.29 is 4.74 Å². The zero-order chi connectivity index (χ0) is 14.7. The van der Waals surface area contributed by atoms with Gasteiger partial charge < -0.3 is 9.64 Å². The van der Waals surface area contributed by atoms with Crippen molar-refractivity contribution >= 4 is 5.95 Å². The first kappa shape index (κ1) is 14.0. The summed E-state index contributed by atoms with van der Waals surface area (Å²) in [6, 6.07) is 12.8. The van der Waals surface area contributed by atoms with Crippen molar-refractivity contribution in [3.63, 3.8) is 0 Å². The van der Waals surface area contributed by atoms with E-state index in [1.807, 2.05) is 26.0 Å². The summed E-state index contributed by atoms with van der Waals surface area (Å²) in [6.45, 7) is 6.35. The molecule has 1 aromatic carbocycles. The van der Waals surface area contributed by atoms with Crippen molar-refractivity contribution in [2.45, 2.75) is 26.3 Å². The van der Waals surface area contributed by atoms with E-state index in [4.69, 9.17) is 4.74 Å². The topological polar surface area (TPSA) is 38.2 Å². The molecule has 0 radical (unpaired) electrons. The third kappa shape index (κ3) is 3.39. The number of morpholine rings is 1. The normalized spacial score (nSPS) is 18.8. The fourth-order valence-electron chi connectivity index (χ4n) is 2.81.